The van der Waals surface area contributed by atoms with Crippen LogP contribution >= 0.6 is 0 Å². The molecule has 2 aromatic carbocycles. The fourth-order valence-corrected chi connectivity index (χ4v) is 4.94. The molecule has 2 fully saturated rings. The Morgan fingerprint density at radius 3 is 2.44 bits per heavy atom. The van der Waals surface area contributed by atoms with Crippen LogP contribution in [0.25, 0.3) is 0 Å². The van der Waals surface area contributed by atoms with Crippen molar-refractivity contribution in [3.63, 3.8) is 0 Å². The zero-order valence-corrected chi connectivity index (χ0v) is 15.6. The van der Waals surface area contributed by atoms with Crippen LogP contribution in [0.2, 0.25) is 0 Å². The van der Waals surface area contributed by atoms with Gasteiger partial charge in [-0.15, -0.1) is 0 Å². The van der Waals surface area contributed by atoms with Gasteiger partial charge < -0.3 is 10.1 Å². The lowest BCUT2D eigenvalue weighted by atomic mass is 9.68. The molecule has 0 radical (unpaired) electrons. The fraction of sp³-hybridized carbons (Fsp3) is 0.458. The minimum absolute atomic E-state index is 0.137. The van der Waals surface area contributed by atoms with Gasteiger partial charge in [0, 0.05) is 12.1 Å². The predicted molar refractivity (Wildman–Crippen MR) is 105 cm³/mol. The molecule has 2 aromatic rings. The van der Waals surface area contributed by atoms with E-state index in [1.165, 1.54) is 0 Å². The van der Waals surface area contributed by atoms with Crippen molar-refractivity contribution in [2.75, 3.05) is 0 Å². The summed E-state index contributed by atoms with van der Waals surface area (Å²) < 4.78 is 15.2. The van der Waals surface area contributed by atoms with Crippen LogP contribution in [0.3, 0.4) is 0 Å². The highest BCUT2D eigenvalue weighted by Gasteiger charge is 2.49. The molecule has 4 atom stereocenters. The summed E-state index contributed by atoms with van der Waals surface area (Å²) in [5.74, 6) is -0.0484. The number of ether oxygens (including phenoxy) is 1. The van der Waals surface area contributed by atoms with Crippen molar-refractivity contribution in [2.45, 2.75) is 56.7 Å². The molecule has 3 nitrogen and oxygen atoms in total. The molecular formula is C24H27NO2. The van der Waals surface area contributed by atoms with E-state index in [1.54, 1.807) is 0 Å². The zero-order chi connectivity index (χ0) is 19.1. The Kier molecular flexibility index (Phi) is 4.19. The smallest absolute Gasteiger partial charge is 0.314 e. The first-order chi connectivity index (χ1) is 13.7. The molecule has 3 aliphatic rings. The molecule has 0 heterocycles. The monoisotopic (exact) mass is 362 g/mol. The van der Waals surface area contributed by atoms with Crippen molar-refractivity contribution < 1.29 is 10.9 Å². The van der Waals surface area contributed by atoms with E-state index in [-0.39, 0.29) is 23.7 Å². The van der Waals surface area contributed by atoms with E-state index < -0.39 is 6.02 Å². The van der Waals surface area contributed by atoms with Gasteiger partial charge in [-0.2, -0.15) is 0 Å². The summed E-state index contributed by atoms with van der Waals surface area (Å²) in [6, 6.07) is 17.6. The van der Waals surface area contributed by atoms with Crippen LogP contribution in [-0.4, -0.2) is 12.0 Å². The van der Waals surface area contributed by atoms with Gasteiger partial charge >= 0.3 is 5.97 Å². The second kappa shape index (κ2) is 7.12. The van der Waals surface area contributed by atoms with Crippen molar-refractivity contribution in [3.05, 3.63) is 71.3 Å². The third-order valence-corrected chi connectivity index (χ3v) is 6.37. The standard InChI is InChI=1S/C24H27NO2/c26-24(27-15-16-7-2-1-3-8-16)22-18-9-4-5-10-20(18)23(25-17-13-14-17)21-12-6-11-19(21)22/h1-5,7-10,17,19,21-23,25H,6,11-15H2/i23D. The SMILES string of the molecule is [2H]C1(NC2CC2)c2ccccc2C(C(=O)OCc2ccccc2)C2CCCC21. The van der Waals surface area contributed by atoms with Crippen LogP contribution in [-0.2, 0) is 16.1 Å². The maximum atomic E-state index is 13.2. The first-order valence-corrected chi connectivity index (χ1v) is 10.2. The summed E-state index contributed by atoms with van der Waals surface area (Å²) in [7, 11) is 0. The van der Waals surface area contributed by atoms with E-state index in [0.29, 0.717) is 12.6 Å². The number of esters is 1. The highest BCUT2D eigenvalue weighted by atomic mass is 16.5. The third-order valence-electron chi connectivity index (χ3n) is 6.37. The van der Waals surface area contributed by atoms with Crippen molar-refractivity contribution >= 4 is 5.97 Å². The third kappa shape index (κ3) is 3.29. The van der Waals surface area contributed by atoms with E-state index >= 15 is 0 Å². The van der Waals surface area contributed by atoms with E-state index in [9.17, 15) is 6.17 Å². The Hall–Kier alpha value is -2.13. The number of carbonyl (C=O) groups excluding carboxylic acids is 1. The minimum Gasteiger partial charge on any atom is -0.460 e. The summed E-state index contributed by atoms with van der Waals surface area (Å²) in [6.07, 6.45) is 5.39. The lowest BCUT2D eigenvalue weighted by Crippen LogP contribution is -2.41. The van der Waals surface area contributed by atoms with Gasteiger partial charge in [0.2, 0.25) is 0 Å². The molecule has 0 aliphatic heterocycles. The van der Waals surface area contributed by atoms with E-state index in [1.807, 2.05) is 54.6 Å². The number of fused-ring (bicyclic) bond motifs is 2. The molecule has 140 valence electrons. The minimum atomic E-state index is -0.783. The summed E-state index contributed by atoms with van der Waals surface area (Å²) in [4.78, 5) is 13.2. The first-order valence-electron chi connectivity index (χ1n) is 10.7. The molecule has 0 saturated heterocycles. The number of hydrogen-bond donors (Lipinski definition) is 1. The molecule has 5 rings (SSSR count). The van der Waals surface area contributed by atoms with E-state index in [0.717, 1.165) is 48.8 Å². The molecule has 0 amide bonds. The molecule has 4 unspecified atom stereocenters. The average molecular weight is 362 g/mol. The lowest BCUT2D eigenvalue weighted by Gasteiger charge is -2.41. The Bertz CT molecular complexity index is 866. The van der Waals surface area contributed by atoms with Crippen molar-refractivity contribution in [2.24, 2.45) is 11.8 Å². The molecule has 3 aliphatic carbocycles. The summed E-state index contributed by atoms with van der Waals surface area (Å²) in [5.41, 5.74) is 2.98. The first kappa shape index (κ1) is 15.9. The van der Waals surface area contributed by atoms with Crippen molar-refractivity contribution in [3.8, 4) is 0 Å². The number of carbonyl (C=O) groups is 1. The molecule has 2 saturated carbocycles. The fourth-order valence-electron chi connectivity index (χ4n) is 4.94. The van der Waals surface area contributed by atoms with Crippen LogP contribution in [0.5, 0.6) is 0 Å². The average Bonchev–Trinajstić information content (AvgIpc) is 3.39. The van der Waals surface area contributed by atoms with Crippen LogP contribution in [0.1, 0.15) is 62.1 Å². The summed E-state index contributed by atoms with van der Waals surface area (Å²) >= 11 is 0. The van der Waals surface area contributed by atoms with Gasteiger partial charge in [-0.1, -0.05) is 61.0 Å². The maximum absolute atomic E-state index is 13.2. The summed E-state index contributed by atoms with van der Waals surface area (Å²) in [6.45, 7) is 0.308. The summed E-state index contributed by atoms with van der Waals surface area (Å²) in [5, 5.41) is 3.63. The van der Waals surface area contributed by atoms with Gasteiger partial charge in [-0.3, -0.25) is 4.79 Å². The van der Waals surface area contributed by atoms with Gasteiger partial charge in [-0.25, -0.2) is 0 Å². The predicted octanol–water partition coefficient (Wildman–Crippen LogP) is 4.74. The number of benzene rings is 2. The molecule has 0 bridgehead atoms. The van der Waals surface area contributed by atoms with Crippen LogP contribution < -0.4 is 5.32 Å². The molecular weight excluding hydrogens is 334 g/mol. The highest BCUT2D eigenvalue weighted by Crippen LogP contribution is 2.53. The van der Waals surface area contributed by atoms with Gasteiger partial charge in [0.1, 0.15) is 6.61 Å². The second-order valence-electron chi connectivity index (χ2n) is 8.19. The van der Waals surface area contributed by atoms with Gasteiger partial charge in [0.15, 0.2) is 0 Å². The maximum Gasteiger partial charge on any atom is 0.314 e. The normalized spacial score (nSPS) is 32.3. The van der Waals surface area contributed by atoms with E-state index in [4.69, 9.17) is 4.74 Å². The Balaban J connectivity index is 1.47. The zero-order valence-electron chi connectivity index (χ0n) is 16.6. The Morgan fingerprint density at radius 2 is 1.67 bits per heavy atom. The van der Waals surface area contributed by atoms with Crippen molar-refractivity contribution in [1.29, 1.82) is 0 Å². The number of nitrogens with one attached hydrogen (secondary N) is 1. The van der Waals surface area contributed by atoms with Crippen LogP contribution in [0, 0.1) is 11.8 Å². The molecule has 0 spiro atoms. The van der Waals surface area contributed by atoms with E-state index in [2.05, 4.69) is 5.32 Å². The highest BCUT2D eigenvalue weighted by molar-refractivity contribution is 5.80. The molecule has 3 heteroatoms. The Labute approximate surface area is 162 Å². The lowest BCUT2D eigenvalue weighted by molar-refractivity contribution is -0.149. The quantitative estimate of drug-likeness (QED) is 0.781. The van der Waals surface area contributed by atoms with Crippen molar-refractivity contribution in [1.82, 2.24) is 5.32 Å². The largest absolute Gasteiger partial charge is 0.460 e. The van der Waals surface area contributed by atoms with Gasteiger partial charge in [0.25, 0.3) is 0 Å². The van der Waals surface area contributed by atoms with Crippen LogP contribution in [0.4, 0.5) is 0 Å². The molecule has 0 aromatic heterocycles. The van der Waals surface area contributed by atoms with Gasteiger partial charge in [0.05, 0.1) is 7.29 Å². The Morgan fingerprint density at radius 1 is 0.963 bits per heavy atom. The molecule has 27 heavy (non-hydrogen) atoms. The van der Waals surface area contributed by atoms with Crippen LogP contribution in [0.15, 0.2) is 54.6 Å². The number of hydrogen-bond acceptors (Lipinski definition) is 3. The number of rotatable bonds is 5. The van der Waals surface area contributed by atoms with Gasteiger partial charge in [-0.05, 0) is 54.2 Å². The molecule has 1 N–H and O–H groups in total. The topological polar surface area (TPSA) is 38.3 Å². The second-order valence-corrected chi connectivity index (χ2v) is 8.19.